The van der Waals surface area contributed by atoms with E-state index in [1.807, 2.05) is 0 Å². The number of morpholine rings is 1. The third-order valence-electron chi connectivity index (χ3n) is 8.57. The first kappa shape index (κ1) is 24.3. The Morgan fingerprint density at radius 3 is 2.59 bits per heavy atom. The van der Waals surface area contributed by atoms with Crippen LogP contribution in [-0.4, -0.2) is 61.6 Å². The number of anilines is 1. The number of nitrogens with zero attached hydrogens (tertiary/aromatic N) is 6. The van der Waals surface area contributed by atoms with Crippen molar-refractivity contribution in [3.8, 4) is 11.3 Å². The molecule has 200 valence electrons. The Kier molecular flexibility index (Phi) is 6.29. The van der Waals surface area contributed by atoms with Crippen LogP contribution >= 0.6 is 0 Å². The Balaban J connectivity index is 1.19. The van der Waals surface area contributed by atoms with Crippen molar-refractivity contribution >= 4 is 27.8 Å². The van der Waals surface area contributed by atoms with Crippen LogP contribution in [0.25, 0.3) is 33.2 Å². The zero-order valence-electron chi connectivity index (χ0n) is 22.5. The van der Waals surface area contributed by atoms with Crippen LogP contribution in [0.2, 0.25) is 0 Å². The fourth-order valence-electron chi connectivity index (χ4n) is 6.56. The van der Waals surface area contributed by atoms with Crippen LogP contribution in [0.15, 0.2) is 61.1 Å². The average Bonchev–Trinajstić information content (AvgIpc) is 3.56. The molecule has 0 unspecified atom stereocenters. The Morgan fingerprint density at radius 1 is 0.949 bits per heavy atom. The number of aromatic nitrogens is 5. The van der Waals surface area contributed by atoms with Gasteiger partial charge in [-0.3, -0.25) is 4.90 Å². The summed E-state index contributed by atoms with van der Waals surface area (Å²) < 4.78 is 9.99. The predicted molar refractivity (Wildman–Crippen MR) is 155 cm³/mol. The monoisotopic (exact) mass is 521 g/mol. The van der Waals surface area contributed by atoms with Crippen molar-refractivity contribution in [3.05, 3.63) is 72.2 Å². The number of hydrogen-bond donors (Lipinski definition) is 1. The van der Waals surface area contributed by atoms with Gasteiger partial charge < -0.3 is 15.0 Å². The highest BCUT2D eigenvalue weighted by atomic mass is 16.5. The lowest BCUT2D eigenvalue weighted by Gasteiger charge is -2.38. The van der Waals surface area contributed by atoms with Gasteiger partial charge in [-0.05, 0) is 56.4 Å². The van der Waals surface area contributed by atoms with Crippen molar-refractivity contribution < 1.29 is 4.74 Å². The van der Waals surface area contributed by atoms with Crippen LogP contribution in [0.4, 0.5) is 5.82 Å². The molecule has 1 aliphatic heterocycles. The van der Waals surface area contributed by atoms with Gasteiger partial charge in [-0.15, -0.1) is 0 Å². The largest absolute Gasteiger partial charge is 0.383 e. The lowest BCUT2D eigenvalue weighted by atomic mass is 9.90. The van der Waals surface area contributed by atoms with Crippen LogP contribution < -0.4 is 5.73 Å². The molecule has 0 radical (unpaired) electrons. The molecular weight excluding hydrogens is 486 g/mol. The molecule has 0 bridgehead atoms. The Hall–Kier alpha value is -3.75. The van der Waals surface area contributed by atoms with Crippen LogP contribution in [0.1, 0.15) is 42.9 Å². The minimum atomic E-state index is 0.312. The summed E-state index contributed by atoms with van der Waals surface area (Å²) in [5.41, 5.74) is 13.0. The minimum absolute atomic E-state index is 0.312. The molecule has 1 saturated heterocycles. The summed E-state index contributed by atoms with van der Waals surface area (Å²) >= 11 is 0. The number of aryl methyl sites for hydroxylation is 1. The molecule has 1 aliphatic carbocycles. The predicted octanol–water partition coefficient (Wildman–Crippen LogP) is 5.20. The maximum atomic E-state index is 6.44. The average molecular weight is 522 g/mol. The molecule has 5 aromatic rings. The van der Waals surface area contributed by atoms with E-state index in [0.29, 0.717) is 17.9 Å². The molecule has 2 N–H and O–H groups in total. The SMILES string of the molecule is Cc1cccc(Cn2ccc3cc(-c4nn([C@H]5CC[C@H](N6CCOCC6)CC5)c5ncnc(N)c45)ccc32)c1. The van der Waals surface area contributed by atoms with Crippen LogP contribution in [0.5, 0.6) is 0 Å². The van der Waals surface area contributed by atoms with E-state index < -0.39 is 0 Å². The summed E-state index contributed by atoms with van der Waals surface area (Å²) in [6.45, 7) is 6.77. The maximum absolute atomic E-state index is 6.44. The molecular formula is C31H35N7O. The Bertz CT molecular complexity index is 1620. The number of fused-ring (bicyclic) bond motifs is 2. The third kappa shape index (κ3) is 4.57. The minimum Gasteiger partial charge on any atom is -0.383 e. The molecule has 2 aliphatic rings. The Morgan fingerprint density at radius 2 is 1.77 bits per heavy atom. The summed E-state index contributed by atoms with van der Waals surface area (Å²) in [5.74, 6) is 0.486. The van der Waals surface area contributed by atoms with Gasteiger partial charge in [0.2, 0.25) is 0 Å². The highest BCUT2D eigenvalue weighted by Crippen LogP contribution is 2.37. The molecule has 3 aromatic heterocycles. The first-order chi connectivity index (χ1) is 19.1. The number of hydrogen-bond acceptors (Lipinski definition) is 6. The summed E-state index contributed by atoms with van der Waals surface area (Å²) in [4.78, 5) is 11.6. The third-order valence-corrected chi connectivity index (χ3v) is 8.57. The van der Waals surface area contributed by atoms with Gasteiger partial charge in [0, 0.05) is 48.3 Å². The number of rotatable bonds is 5. The molecule has 7 rings (SSSR count). The van der Waals surface area contributed by atoms with Crippen molar-refractivity contribution in [2.24, 2.45) is 0 Å². The van der Waals surface area contributed by atoms with Gasteiger partial charge in [0.05, 0.1) is 24.6 Å². The van der Waals surface area contributed by atoms with Gasteiger partial charge in [0.15, 0.2) is 5.65 Å². The molecule has 0 spiro atoms. The topological polar surface area (TPSA) is 87.0 Å². The van der Waals surface area contributed by atoms with Gasteiger partial charge in [0.1, 0.15) is 17.8 Å². The summed E-state index contributed by atoms with van der Waals surface area (Å²) in [6.07, 6.45) is 8.24. The normalized spacial score (nSPS) is 20.6. The maximum Gasteiger partial charge on any atom is 0.164 e. The van der Waals surface area contributed by atoms with E-state index in [9.17, 15) is 0 Å². The van der Waals surface area contributed by atoms with Gasteiger partial charge in [-0.25, -0.2) is 14.6 Å². The lowest BCUT2D eigenvalue weighted by molar-refractivity contribution is 0.00520. The summed E-state index contributed by atoms with van der Waals surface area (Å²) in [5, 5.41) is 7.20. The lowest BCUT2D eigenvalue weighted by Crippen LogP contribution is -2.45. The van der Waals surface area contributed by atoms with Crippen LogP contribution in [0, 0.1) is 6.92 Å². The molecule has 2 aromatic carbocycles. The van der Waals surface area contributed by atoms with Gasteiger partial charge in [-0.2, -0.15) is 5.10 Å². The number of ether oxygens (including phenoxy) is 1. The quantitative estimate of drug-likeness (QED) is 0.342. The van der Waals surface area contributed by atoms with E-state index >= 15 is 0 Å². The van der Waals surface area contributed by atoms with Crippen molar-refractivity contribution in [2.75, 3.05) is 32.0 Å². The van der Waals surface area contributed by atoms with Crippen molar-refractivity contribution in [2.45, 2.75) is 51.2 Å². The van der Waals surface area contributed by atoms with Crippen LogP contribution in [0.3, 0.4) is 0 Å². The first-order valence-electron chi connectivity index (χ1n) is 14.1. The molecule has 39 heavy (non-hydrogen) atoms. The van der Waals surface area contributed by atoms with E-state index in [4.69, 9.17) is 15.6 Å². The molecule has 4 heterocycles. The molecule has 8 nitrogen and oxygen atoms in total. The van der Waals surface area contributed by atoms with Gasteiger partial charge in [0.25, 0.3) is 0 Å². The molecule has 0 atom stereocenters. The van der Waals surface area contributed by atoms with E-state index in [2.05, 4.69) is 85.8 Å². The number of nitrogens with two attached hydrogens (primary N) is 1. The fourth-order valence-corrected chi connectivity index (χ4v) is 6.56. The van der Waals surface area contributed by atoms with Crippen molar-refractivity contribution in [1.82, 2.24) is 29.2 Å². The van der Waals surface area contributed by atoms with E-state index in [-0.39, 0.29) is 0 Å². The second-order valence-electron chi connectivity index (χ2n) is 11.1. The zero-order chi connectivity index (χ0) is 26.3. The number of benzene rings is 2. The molecule has 0 amide bonds. The smallest absolute Gasteiger partial charge is 0.164 e. The van der Waals surface area contributed by atoms with Crippen LogP contribution in [-0.2, 0) is 11.3 Å². The second kappa shape index (κ2) is 10.1. The standard InChI is InChI=1S/C31H35N7O/c1-21-3-2-4-22(17-21)19-37-12-11-23-18-24(5-10-27(23)37)29-28-30(32)33-20-34-31(28)38(35-29)26-8-6-25(7-9-26)36-13-15-39-16-14-36/h2-5,10-12,17-18,20,25-26H,6-9,13-16,19H2,1H3,(H2,32,33,34)/t25-,26-. The molecule has 1 saturated carbocycles. The van der Waals surface area contributed by atoms with Crippen molar-refractivity contribution in [1.29, 1.82) is 0 Å². The summed E-state index contributed by atoms with van der Waals surface area (Å²) in [6, 6.07) is 18.4. The Labute approximate surface area is 228 Å². The van der Waals surface area contributed by atoms with E-state index in [1.165, 1.54) is 34.9 Å². The molecule has 2 fully saturated rings. The van der Waals surface area contributed by atoms with Gasteiger partial charge in [-0.1, -0.05) is 35.9 Å². The summed E-state index contributed by atoms with van der Waals surface area (Å²) in [7, 11) is 0. The number of nitrogen functional groups attached to an aromatic ring is 1. The molecule has 8 heteroatoms. The van der Waals surface area contributed by atoms with E-state index in [0.717, 1.165) is 68.0 Å². The first-order valence-corrected chi connectivity index (χ1v) is 14.1. The fraction of sp³-hybridized carbons (Fsp3) is 0.387. The van der Waals surface area contributed by atoms with Gasteiger partial charge >= 0.3 is 0 Å². The van der Waals surface area contributed by atoms with Crippen molar-refractivity contribution in [3.63, 3.8) is 0 Å². The zero-order valence-corrected chi connectivity index (χ0v) is 22.5. The highest BCUT2D eigenvalue weighted by Gasteiger charge is 2.30. The van der Waals surface area contributed by atoms with E-state index in [1.54, 1.807) is 6.33 Å². The second-order valence-corrected chi connectivity index (χ2v) is 11.1. The highest BCUT2D eigenvalue weighted by molar-refractivity contribution is 6.00.